The van der Waals surface area contributed by atoms with Gasteiger partial charge < -0.3 is 0 Å². The summed E-state index contributed by atoms with van der Waals surface area (Å²) < 4.78 is 0. The van der Waals surface area contributed by atoms with E-state index >= 15 is 0 Å². The van der Waals surface area contributed by atoms with Crippen LogP contribution in [0.15, 0.2) is 36.0 Å². The molecule has 0 aromatic rings. The van der Waals surface area contributed by atoms with Crippen molar-refractivity contribution in [2.75, 3.05) is 0 Å². The Morgan fingerprint density at radius 3 is 2.52 bits per heavy atom. The molecule has 27 heavy (non-hydrogen) atoms. The number of hydrogen-bond donors (Lipinski definition) is 0. The zero-order valence-electron chi connectivity index (χ0n) is 18.8. The second kappa shape index (κ2) is 8.30. The molecule has 0 aromatic carbocycles. The smallest absolute Gasteiger partial charge is 0.00790 e. The van der Waals surface area contributed by atoms with Gasteiger partial charge in [-0.1, -0.05) is 70.4 Å². The summed E-state index contributed by atoms with van der Waals surface area (Å²) in [5, 5.41) is 0. The van der Waals surface area contributed by atoms with E-state index in [-0.39, 0.29) is 0 Å². The van der Waals surface area contributed by atoms with Crippen molar-refractivity contribution < 1.29 is 0 Å². The largest absolute Gasteiger partial charge is 0.103 e. The van der Waals surface area contributed by atoms with Gasteiger partial charge in [0.1, 0.15) is 0 Å². The summed E-state index contributed by atoms with van der Waals surface area (Å²) in [7, 11) is 0. The Bertz CT molecular complexity index is 593. The molecule has 4 aliphatic rings. The molecule has 0 heteroatoms. The summed E-state index contributed by atoms with van der Waals surface area (Å²) in [4.78, 5) is 0. The molecule has 152 valence electrons. The predicted octanol–water partition coefficient (Wildman–Crippen LogP) is 8.50. The molecule has 0 radical (unpaired) electrons. The average Bonchev–Trinajstić information content (AvgIpc) is 3.04. The molecule has 4 aliphatic carbocycles. The first-order chi connectivity index (χ1) is 13.0. The SMILES string of the molecule is C=CC1CCC2C3CCC4=C/C(=C\CCC)CCC4(C)C3CCC12C.CC. The minimum atomic E-state index is 0.500. The highest BCUT2D eigenvalue weighted by atomic mass is 14.6. The van der Waals surface area contributed by atoms with Crippen molar-refractivity contribution >= 4 is 0 Å². The fourth-order valence-corrected chi connectivity index (χ4v) is 7.53. The van der Waals surface area contributed by atoms with E-state index in [4.69, 9.17) is 0 Å². The Kier molecular flexibility index (Phi) is 6.44. The van der Waals surface area contributed by atoms with Crippen molar-refractivity contribution in [3.05, 3.63) is 36.0 Å². The van der Waals surface area contributed by atoms with Gasteiger partial charge in [0.25, 0.3) is 0 Å². The third-order valence-corrected chi connectivity index (χ3v) is 9.08. The number of unbranched alkanes of at least 4 members (excludes halogenated alkanes) is 1. The van der Waals surface area contributed by atoms with Crippen molar-refractivity contribution in [3.8, 4) is 0 Å². The second-order valence-electron chi connectivity index (χ2n) is 10.0. The highest BCUT2D eigenvalue weighted by Crippen LogP contribution is 2.67. The van der Waals surface area contributed by atoms with Crippen LogP contribution in [0.1, 0.15) is 98.8 Å². The van der Waals surface area contributed by atoms with Crippen molar-refractivity contribution in [1.29, 1.82) is 0 Å². The van der Waals surface area contributed by atoms with Crippen molar-refractivity contribution in [2.24, 2.45) is 34.5 Å². The maximum absolute atomic E-state index is 4.18. The fraction of sp³-hybridized carbons (Fsp3) is 0.778. The maximum atomic E-state index is 4.18. The van der Waals surface area contributed by atoms with Gasteiger partial charge in [-0.3, -0.25) is 0 Å². The van der Waals surface area contributed by atoms with Gasteiger partial charge in [-0.15, -0.1) is 6.58 Å². The highest BCUT2D eigenvalue weighted by Gasteiger charge is 2.58. The molecular formula is C27H44. The van der Waals surface area contributed by atoms with E-state index in [1.807, 2.05) is 19.4 Å². The zero-order valence-corrected chi connectivity index (χ0v) is 18.8. The summed E-state index contributed by atoms with van der Waals surface area (Å²) in [6, 6.07) is 0. The van der Waals surface area contributed by atoms with Gasteiger partial charge >= 0.3 is 0 Å². The van der Waals surface area contributed by atoms with Crippen LogP contribution in [-0.2, 0) is 0 Å². The highest BCUT2D eigenvalue weighted by molar-refractivity contribution is 5.34. The van der Waals surface area contributed by atoms with Gasteiger partial charge in [0.2, 0.25) is 0 Å². The van der Waals surface area contributed by atoms with E-state index in [0.29, 0.717) is 10.8 Å². The van der Waals surface area contributed by atoms with Gasteiger partial charge in [0, 0.05) is 0 Å². The lowest BCUT2D eigenvalue weighted by molar-refractivity contribution is -0.0438. The minimum Gasteiger partial charge on any atom is -0.103 e. The van der Waals surface area contributed by atoms with Crippen LogP contribution in [-0.4, -0.2) is 0 Å². The molecule has 0 saturated heterocycles. The predicted molar refractivity (Wildman–Crippen MR) is 120 cm³/mol. The first-order valence-electron chi connectivity index (χ1n) is 12.1. The first-order valence-corrected chi connectivity index (χ1v) is 12.1. The molecule has 6 atom stereocenters. The van der Waals surface area contributed by atoms with Crippen molar-refractivity contribution in [1.82, 2.24) is 0 Å². The van der Waals surface area contributed by atoms with Crippen LogP contribution in [0.5, 0.6) is 0 Å². The van der Waals surface area contributed by atoms with Crippen LogP contribution >= 0.6 is 0 Å². The number of hydrogen-bond acceptors (Lipinski definition) is 0. The van der Waals surface area contributed by atoms with Crippen LogP contribution in [0.3, 0.4) is 0 Å². The standard InChI is InChI=1S/C25H38.C2H6/c1-5-7-8-18-13-15-25(4)20(17-18)9-11-21-22-12-10-19(6-2)24(22,3)16-14-23(21)25;1-2/h6,8,17,19,21-23H,2,5,7,9-16H2,1,3-4H3;1-2H3/b18-8-;. The molecule has 0 amide bonds. The van der Waals surface area contributed by atoms with Crippen LogP contribution in [0.4, 0.5) is 0 Å². The molecular weight excluding hydrogens is 324 g/mol. The molecule has 0 N–H and O–H groups in total. The minimum absolute atomic E-state index is 0.500. The van der Waals surface area contributed by atoms with Gasteiger partial charge in [-0.2, -0.15) is 0 Å². The molecule has 0 aliphatic heterocycles. The van der Waals surface area contributed by atoms with Crippen molar-refractivity contribution in [3.63, 3.8) is 0 Å². The lowest BCUT2D eigenvalue weighted by Crippen LogP contribution is -2.50. The number of allylic oxidation sites excluding steroid dienone is 5. The molecule has 3 saturated carbocycles. The molecule has 3 fully saturated rings. The topological polar surface area (TPSA) is 0 Å². The van der Waals surface area contributed by atoms with Gasteiger partial charge in [0.15, 0.2) is 0 Å². The lowest BCUT2D eigenvalue weighted by Gasteiger charge is -2.58. The summed E-state index contributed by atoms with van der Waals surface area (Å²) >= 11 is 0. The first kappa shape index (κ1) is 20.9. The van der Waals surface area contributed by atoms with Gasteiger partial charge in [-0.25, -0.2) is 0 Å². The zero-order chi connectivity index (χ0) is 19.7. The fourth-order valence-electron chi connectivity index (χ4n) is 7.53. The Morgan fingerprint density at radius 1 is 1.04 bits per heavy atom. The number of rotatable bonds is 3. The molecule has 4 rings (SSSR count). The van der Waals surface area contributed by atoms with E-state index in [1.165, 1.54) is 64.2 Å². The Balaban J connectivity index is 0.00000102. The molecule has 0 nitrogen and oxygen atoms in total. The Hall–Kier alpha value is -0.780. The summed E-state index contributed by atoms with van der Waals surface area (Å²) in [5.74, 6) is 3.66. The van der Waals surface area contributed by atoms with Crippen LogP contribution in [0, 0.1) is 34.5 Å². The molecule has 0 spiro atoms. The summed E-state index contributed by atoms with van der Waals surface area (Å²) in [5.41, 5.74) is 4.51. The summed E-state index contributed by atoms with van der Waals surface area (Å²) in [6.45, 7) is 15.7. The molecule has 0 bridgehead atoms. The normalized spacial score (nSPS) is 44.3. The van der Waals surface area contributed by atoms with Crippen LogP contribution < -0.4 is 0 Å². The van der Waals surface area contributed by atoms with E-state index in [9.17, 15) is 0 Å². The van der Waals surface area contributed by atoms with Crippen molar-refractivity contribution in [2.45, 2.75) is 98.8 Å². The Labute approximate surface area is 169 Å². The van der Waals surface area contributed by atoms with Gasteiger partial charge in [0.05, 0.1) is 0 Å². The van der Waals surface area contributed by atoms with Crippen LogP contribution in [0.25, 0.3) is 0 Å². The van der Waals surface area contributed by atoms with Crippen LogP contribution in [0.2, 0.25) is 0 Å². The van der Waals surface area contributed by atoms with E-state index in [1.54, 1.807) is 5.57 Å². The second-order valence-corrected chi connectivity index (χ2v) is 10.0. The Morgan fingerprint density at radius 2 is 1.81 bits per heavy atom. The average molecular weight is 369 g/mol. The molecule has 0 heterocycles. The molecule has 0 aromatic heterocycles. The third kappa shape index (κ3) is 3.40. The summed E-state index contributed by atoms with van der Waals surface area (Å²) in [6.07, 6.45) is 21.3. The number of fused-ring (bicyclic) bond motifs is 5. The molecule has 6 unspecified atom stereocenters. The maximum Gasteiger partial charge on any atom is -0.00790 e. The third-order valence-electron chi connectivity index (χ3n) is 9.08. The quantitative estimate of drug-likeness (QED) is 0.438. The van der Waals surface area contributed by atoms with E-state index in [0.717, 1.165) is 23.7 Å². The lowest BCUT2D eigenvalue weighted by atomic mass is 9.47. The monoisotopic (exact) mass is 368 g/mol. The van der Waals surface area contributed by atoms with Gasteiger partial charge in [-0.05, 0) is 92.3 Å². The van der Waals surface area contributed by atoms with E-state index in [2.05, 4.69) is 45.6 Å². The van der Waals surface area contributed by atoms with E-state index < -0.39 is 0 Å².